The van der Waals surface area contributed by atoms with Gasteiger partial charge in [0.2, 0.25) is 0 Å². The van der Waals surface area contributed by atoms with Crippen LogP contribution in [0, 0.1) is 25.2 Å². The summed E-state index contributed by atoms with van der Waals surface area (Å²) in [5.74, 6) is 2.05. The van der Waals surface area contributed by atoms with Crippen LogP contribution in [-0.2, 0) is 17.8 Å². The van der Waals surface area contributed by atoms with Crippen LogP contribution in [-0.4, -0.2) is 62.2 Å². The zero-order valence-corrected chi connectivity index (χ0v) is 22.2. The minimum atomic E-state index is -0.495. The van der Waals surface area contributed by atoms with Crippen molar-refractivity contribution < 1.29 is 14.3 Å². The Bertz CT molecular complexity index is 1300. The van der Waals surface area contributed by atoms with Gasteiger partial charge in [0.05, 0.1) is 17.0 Å². The number of nitriles is 1. The average molecular weight is 503 g/mol. The fourth-order valence-corrected chi connectivity index (χ4v) is 4.22. The first-order valence-corrected chi connectivity index (χ1v) is 12.5. The Morgan fingerprint density at radius 2 is 1.81 bits per heavy atom. The molecule has 1 saturated heterocycles. The second kappa shape index (κ2) is 11.0. The highest BCUT2D eigenvalue weighted by Gasteiger charge is 2.26. The molecule has 1 aliphatic rings. The molecule has 0 aliphatic carbocycles. The average Bonchev–Trinajstić information content (AvgIpc) is 3.19. The van der Waals surface area contributed by atoms with Crippen LogP contribution in [0.1, 0.15) is 49.1 Å². The summed E-state index contributed by atoms with van der Waals surface area (Å²) in [6.07, 6.45) is 3.37. The Morgan fingerprint density at radius 3 is 2.49 bits per heavy atom. The predicted octanol–water partition coefficient (Wildman–Crippen LogP) is 4.66. The molecule has 4 rings (SSSR count). The van der Waals surface area contributed by atoms with Crippen molar-refractivity contribution in [2.75, 3.05) is 26.2 Å². The van der Waals surface area contributed by atoms with Gasteiger partial charge in [0, 0.05) is 51.7 Å². The van der Waals surface area contributed by atoms with E-state index < -0.39 is 5.60 Å². The Hall–Kier alpha value is -3.90. The molecule has 0 atom stereocenters. The number of amides is 1. The van der Waals surface area contributed by atoms with Gasteiger partial charge in [-0.05, 0) is 64.4 Å². The van der Waals surface area contributed by atoms with Gasteiger partial charge in [-0.1, -0.05) is 6.07 Å². The van der Waals surface area contributed by atoms with Gasteiger partial charge in [0.25, 0.3) is 0 Å². The lowest BCUT2D eigenvalue weighted by atomic mass is 10.1. The van der Waals surface area contributed by atoms with Crippen molar-refractivity contribution in [3.8, 4) is 17.6 Å². The first-order valence-electron chi connectivity index (χ1n) is 12.5. The molecule has 9 heteroatoms. The van der Waals surface area contributed by atoms with E-state index in [9.17, 15) is 10.1 Å². The van der Waals surface area contributed by atoms with Crippen LogP contribution in [0.3, 0.4) is 0 Å². The number of benzene rings is 1. The lowest BCUT2D eigenvalue weighted by molar-refractivity contribution is 0.0137. The Balaban J connectivity index is 1.44. The third-order valence-corrected chi connectivity index (χ3v) is 6.23. The van der Waals surface area contributed by atoms with E-state index in [1.54, 1.807) is 17.2 Å². The molecule has 2 aromatic heterocycles. The summed E-state index contributed by atoms with van der Waals surface area (Å²) in [7, 11) is 0. The molecule has 1 amide bonds. The van der Waals surface area contributed by atoms with Crippen LogP contribution >= 0.6 is 0 Å². The molecule has 3 aromatic rings. The monoisotopic (exact) mass is 502 g/mol. The van der Waals surface area contributed by atoms with Gasteiger partial charge in [-0.2, -0.15) is 5.26 Å². The Kier molecular flexibility index (Phi) is 7.79. The van der Waals surface area contributed by atoms with Crippen LogP contribution < -0.4 is 4.74 Å². The van der Waals surface area contributed by atoms with Gasteiger partial charge in [0.15, 0.2) is 0 Å². The van der Waals surface area contributed by atoms with Gasteiger partial charge in [-0.3, -0.25) is 9.88 Å². The maximum Gasteiger partial charge on any atom is 0.410 e. The molecule has 0 bridgehead atoms. The first-order chi connectivity index (χ1) is 17.6. The summed E-state index contributed by atoms with van der Waals surface area (Å²) in [5, 5.41) is 9.59. The molecule has 37 heavy (non-hydrogen) atoms. The van der Waals surface area contributed by atoms with Crippen molar-refractivity contribution in [3.05, 3.63) is 71.1 Å². The van der Waals surface area contributed by atoms with E-state index >= 15 is 0 Å². The molecule has 1 fully saturated rings. The summed E-state index contributed by atoms with van der Waals surface area (Å²) < 4.78 is 13.8. The molecule has 1 aromatic carbocycles. The van der Waals surface area contributed by atoms with Gasteiger partial charge >= 0.3 is 6.09 Å². The second-order valence-corrected chi connectivity index (χ2v) is 10.3. The Labute approximate surface area is 218 Å². The zero-order chi connectivity index (χ0) is 26.6. The van der Waals surface area contributed by atoms with Crippen molar-refractivity contribution >= 4 is 6.09 Å². The van der Waals surface area contributed by atoms with Gasteiger partial charge in [-0.15, -0.1) is 0 Å². The van der Waals surface area contributed by atoms with E-state index in [4.69, 9.17) is 9.47 Å². The maximum atomic E-state index is 12.4. The molecule has 0 saturated carbocycles. The summed E-state index contributed by atoms with van der Waals surface area (Å²) in [5.41, 5.74) is 2.84. The van der Waals surface area contributed by atoms with Crippen molar-refractivity contribution in [3.63, 3.8) is 0 Å². The van der Waals surface area contributed by atoms with E-state index in [-0.39, 0.29) is 6.09 Å². The normalized spacial score (nSPS) is 14.3. The fraction of sp³-hybridized carbons (Fsp3) is 0.429. The number of pyridine rings is 1. The molecule has 0 unspecified atom stereocenters. The first kappa shape index (κ1) is 26.2. The number of nitrogens with zero attached hydrogens (tertiary/aromatic N) is 6. The molecule has 194 valence electrons. The molecule has 9 nitrogen and oxygen atoms in total. The van der Waals surface area contributed by atoms with Crippen LogP contribution in [0.25, 0.3) is 0 Å². The van der Waals surface area contributed by atoms with E-state index in [2.05, 4.69) is 25.5 Å². The second-order valence-electron chi connectivity index (χ2n) is 10.3. The number of carbonyl (C=O) groups is 1. The number of aryl methyl sites for hydroxylation is 2. The van der Waals surface area contributed by atoms with Gasteiger partial charge in [-0.25, -0.2) is 9.78 Å². The maximum absolute atomic E-state index is 12.4. The highest BCUT2D eigenvalue weighted by Crippen LogP contribution is 2.28. The van der Waals surface area contributed by atoms with Crippen molar-refractivity contribution in [1.82, 2.24) is 24.3 Å². The fourth-order valence-electron chi connectivity index (χ4n) is 4.22. The topological polar surface area (TPSA) is 96.5 Å². The lowest BCUT2D eigenvalue weighted by Crippen LogP contribution is -2.49. The highest BCUT2D eigenvalue weighted by molar-refractivity contribution is 5.68. The van der Waals surface area contributed by atoms with E-state index in [0.29, 0.717) is 36.7 Å². The number of ether oxygens (including phenoxy) is 2. The number of aromatic nitrogens is 3. The van der Waals surface area contributed by atoms with Crippen LogP contribution in [0.15, 0.2) is 42.7 Å². The van der Waals surface area contributed by atoms with Crippen molar-refractivity contribution in [1.29, 1.82) is 5.26 Å². The number of imidazole rings is 1. The van der Waals surface area contributed by atoms with E-state index in [1.165, 1.54) is 0 Å². The summed E-state index contributed by atoms with van der Waals surface area (Å²) in [6, 6.07) is 11.5. The quantitative estimate of drug-likeness (QED) is 0.484. The summed E-state index contributed by atoms with van der Waals surface area (Å²) >= 11 is 0. The molecule has 0 spiro atoms. The number of carbonyl (C=O) groups excluding carboxylic acids is 1. The van der Waals surface area contributed by atoms with Crippen LogP contribution in [0.5, 0.6) is 11.5 Å². The van der Waals surface area contributed by atoms with Crippen molar-refractivity contribution in [2.45, 2.75) is 53.3 Å². The number of rotatable bonds is 6. The van der Waals surface area contributed by atoms with E-state index in [0.717, 1.165) is 42.4 Å². The highest BCUT2D eigenvalue weighted by atomic mass is 16.6. The zero-order valence-electron chi connectivity index (χ0n) is 22.2. The van der Waals surface area contributed by atoms with Crippen LogP contribution in [0.4, 0.5) is 4.79 Å². The molecule has 0 N–H and O–H groups in total. The summed E-state index contributed by atoms with van der Waals surface area (Å²) in [6.45, 7) is 13.6. The minimum Gasteiger partial charge on any atom is -0.454 e. The predicted molar refractivity (Wildman–Crippen MR) is 139 cm³/mol. The third-order valence-electron chi connectivity index (χ3n) is 6.23. The van der Waals surface area contributed by atoms with Crippen LogP contribution in [0.2, 0.25) is 0 Å². The Morgan fingerprint density at radius 1 is 1.05 bits per heavy atom. The molecular weight excluding hydrogens is 468 g/mol. The van der Waals surface area contributed by atoms with Gasteiger partial charge in [0.1, 0.15) is 29.0 Å². The molecular formula is C28H34N6O3. The lowest BCUT2D eigenvalue weighted by Gasteiger charge is -2.35. The molecule has 1 aliphatic heterocycles. The van der Waals surface area contributed by atoms with E-state index in [1.807, 2.05) is 65.1 Å². The summed E-state index contributed by atoms with van der Waals surface area (Å²) in [4.78, 5) is 25.3. The third kappa shape index (κ3) is 6.66. The molecule has 3 heterocycles. The molecule has 0 radical (unpaired) electrons. The van der Waals surface area contributed by atoms with Crippen molar-refractivity contribution in [2.24, 2.45) is 0 Å². The minimum absolute atomic E-state index is 0.256. The smallest absolute Gasteiger partial charge is 0.410 e. The number of hydrogen-bond donors (Lipinski definition) is 0. The number of piperazine rings is 1. The standard InChI is InChI=1S/C28H34N6O3/c1-20-25(7-6-10-30-20)36-26-15-22(8-9-23(26)16-29)18-34-21(2)31-17-24(34)19-32-11-13-33(14-12-32)27(35)37-28(3,4)5/h6-10,15,17H,11-14,18-19H2,1-5H3. The van der Waals surface area contributed by atoms with Gasteiger partial charge < -0.3 is 18.9 Å². The SMILES string of the molecule is Cc1ncccc1Oc1cc(Cn2c(CN3CCN(C(=O)OC(C)(C)C)CC3)cnc2C)ccc1C#N. The largest absolute Gasteiger partial charge is 0.454 e. The number of hydrogen-bond acceptors (Lipinski definition) is 7.